The lowest BCUT2D eigenvalue weighted by Crippen LogP contribution is -2.26. The number of pyridine rings is 1. The molecule has 0 aromatic carbocycles. The Morgan fingerprint density at radius 3 is 2.67 bits per heavy atom. The van der Waals surface area contributed by atoms with Crippen molar-refractivity contribution in [1.29, 1.82) is 0 Å². The van der Waals surface area contributed by atoms with Crippen LogP contribution in [-0.4, -0.2) is 36.3 Å². The van der Waals surface area contributed by atoms with E-state index in [1.165, 1.54) is 12.1 Å². The average Bonchev–Trinajstić information content (AvgIpc) is 2.17. The lowest BCUT2D eigenvalue weighted by atomic mass is 10.0. The van der Waals surface area contributed by atoms with E-state index in [1.54, 1.807) is 0 Å². The fourth-order valence-corrected chi connectivity index (χ4v) is 1.40. The molecule has 0 N–H and O–H groups in total. The van der Waals surface area contributed by atoms with Crippen molar-refractivity contribution in [2.45, 2.75) is 6.92 Å². The third kappa shape index (κ3) is 3.40. The van der Waals surface area contributed by atoms with Gasteiger partial charge < -0.3 is 4.90 Å². The summed E-state index contributed by atoms with van der Waals surface area (Å²) in [7, 11) is 3.81. The summed E-state index contributed by atoms with van der Waals surface area (Å²) in [6.45, 7) is 2.51. The summed E-state index contributed by atoms with van der Waals surface area (Å²) in [5.41, 5.74) is 0.325. The van der Waals surface area contributed by atoms with Crippen molar-refractivity contribution in [1.82, 2.24) is 9.88 Å². The first-order valence-corrected chi connectivity index (χ1v) is 4.81. The zero-order valence-electron chi connectivity index (χ0n) is 9.20. The number of rotatable bonds is 4. The maximum Gasteiger partial charge on any atom is 0.185 e. The standard InChI is InChI=1S/C11H15FN2O/c1-8(7-14(2)3)11(15)10-5-4-9(12)6-13-10/h4-6,8H,7H2,1-3H3. The topological polar surface area (TPSA) is 33.2 Å². The van der Waals surface area contributed by atoms with E-state index in [4.69, 9.17) is 0 Å². The molecule has 0 bridgehead atoms. The minimum atomic E-state index is -0.424. The van der Waals surface area contributed by atoms with Crippen molar-refractivity contribution in [2.24, 2.45) is 5.92 Å². The molecule has 15 heavy (non-hydrogen) atoms. The predicted molar refractivity (Wildman–Crippen MR) is 56.2 cm³/mol. The van der Waals surface area contributed by atoms with E-state index in [2.05, 4.69) is 4.98 Å². The highest BCUT2D eigenvalue weighted by Gasteiger charge is 2.16. The van der Waals surface area contributed by atoms with E-state index in [1.807, 2.05) is 25.9 Å². The van der Waals surface area contributed by atoms with Gasteiger partial charge in [-0.2, -0.15) is 0 Å². The Kier molecular flexibility index (Phi) is 3.91. The Morgan fingerprint density at radius 2 is 2.20 bits per heavy atom. The molecule has 0 saturated heterocycles. The third-order valence-corrected chi connectivity index (χ3v) is 2.07. The molecule has 1 atom stereocenters. The summed E-state index contributed by atoms with van der Waals surface area (Å²) < 4.78 is 12.6. The number of nitrogens with zero attached hydrogens (tertiary/aromatic N) is 2. The first-order chi connectivity index (χ1) is 7.00. The van der Waals surface area contributed by atoms with Crippen molar-refractivity contribution in [2.75, 3.05) is 20.6 Å². The highest BCUT2D eigenvalue weighted by atomic mass is 19.1. The second-order valence-corrected chi connectivity index (χ2v) is 3.89. The average molecular weight is 210 g/mol. The summed E-state index contributed by atoms with van der Waals surface area (Å²) in [5.74, 6) is -0.603. The van der Waals surface area contributed by atoms with Gasteiger partial charge in [0.1, 0.15) is 11.5 Å². The van der Waals surface area contributed by atoms with E-state index in [-0.39, 0.29) is 11.7 Å². The van der Waals surface area contributed by atoms with Gasteiger partial charge in [-0.25, -0.2) is 4.39 Å². The van der Waals surface area contributed by atoms with Crippen molar-refractivity contribution in [3.63, 3.8) is 0 Å². The minimum Gasteiger partial charge on any atom is -0.309 e. The molecule has 1 aromatic rings. The summed E-state index contributed by atoms with van der Waals surface area (Å²) in [5, 5.41) is 0. The van der Waals surface area contributed by atoms with Crippen LogP contribution in [0.1, 0.15) is 17.4 Å². The maximum atomic E-state index is 12.6. The Bertz CT molecular complexity index is 335. The second-order valence-electron chi connectivity index (χ2n) is 3.89. The summed E-state index contributed by atoms with van der Waals surface area (Å²) in [6, 6.07) is 2.67. The zero-order chi connectivity index (χ0) is 11.4. The van der Waals surface area contributed by atoms with Gasteiger partial charge in [0.25, 0.3) is 0 Å². The number of halogens is 1. The molecule has 0 aliphatic carbocycles. The normalized spacial score (nSPS) is 12.9. The fraction of sp³-hybridized carbons (Fsp3) is 0.455. The van der Waals surface area contributed by atoms with Gasteiger partial charge in [0.15, 0.2) is 5.78 Å². The van der Waals surface area contributed by atoms with Crippen molar-refractivity contribution in [3.8, 4) is 0 Å². The first-order valence-electron chi connectivity index (χ1n) is 4.81. The monoisotopic (exact) mass is 210 g/mol. The van der Waals surface area contributed by atoms with Crippen molar-refractivity contribution in [3.05, 3.63) is 29.8 Å². The number of carbonyl (C=O) groups excluding carboxylic acids is 1. The van der Waals surface area contributed by atoms with Gasteiger partial charge in [0.2, 0.25) is 0 Å². The molecule has 0 spiro atoms. The fourth-order valence-electron chi connectivity index (χ4n) is 1.40. The molecular formula is C11H15FN2O. The van der Waals surface area contributed by atoms with E-state index >= 15 is 0 Å². The lowest BCUT2D eigenvalue weighted by Gasteiger charge is -2.15. The van der Waals surface area contributed by atoms with Crippen LogP contribution in [-0.2, 0) is 0 Å². The molecule has 0 amide bonds. The number of ketones is 1. The molecule has 1 heterocycles. The van der Waals surface area contributed by atoms with Crippen LogP contribution in [0.15, 0.2) is 18.3 Å². The van der Waals surface area contributed by atoms with Gasteiger partial charge >= 0.3 is 0 Å². The molecule has 4 heteroatoms. The maximum absolute atomic E-state index is 12.6. The third-order valence-electron chi connectivity index (χ3n) is 2.07. The SMILES string of the molecule is CC(CN(C)C)C(=O)c1ccc(F)cn1. The first kappa shape index (κ1) is 11.8. The Hall–Kier alpha value is -1.29. The summed E-state index contributed by atoms with van der Waals surface area (Å²) >= 11 is 0. The van der Waals surface area contributed by atoms with Crippen LogP contribution in [0.4, 0.5) is 4.39 Å². The lowest BCUT2D eigenvalue weighted by molar-refractivity contribution is 0.0905. The Morgan fingerprint density at radius 1 is 1.53 bits per heavy atom. The van der Waals surface area contributed by atoms with Gasteiger partial charge in [0.05, 0.1) is 6.20 Å². The van der Waals surface area contributed by atoms with Crippen LogP contribution in [0.25, 0.3) is 0 Å². The number of hydrogen-bond donors (Lipinski definition) is 0. The number of carbonyl (C=O) groups is 1. The van der Waals surface area contributed by atoms with Crippen LogP contribution >= 0.6 is 0 Å². The van der Waals surface area contributed by atoms with Gasteiger partial charge in [-0.1, -0.05) is 6.92 Å². The molecule has 82 valence electrons. The van der Waals surface area contributed by atoms with Crippen LogP contribution in [0.3, 0.4) is 0 Å². The summed E-state index contributed by atoms with van der Waals surface area (Å²) in [6.07, 6.45) is 1.07. The molecule has 0 fully saturated rings. The van der Waals surface area contributed by atoms with Crippen molar-refractivity contribution >= 4 is 5.78 Å². The second kappa shape index (κ2) is 4.98. The minimum absolute atomic E-state index is 0.0521. The van der Waals surface area contributed by atoms with E-state index < -0.39 is 5.82 Å². The molecule has 0 aliphatic heterocycles. The van der Waals surface area contributed by atoms with E-state index in [0.29, 0.717) is 12.2 Å². The number of hydrogen-bond acceptors (Lipinski definition) is 3. The molecule has 0 radical (unpaired) electrons. The summed E-state index contributed by atoms with van der Waals surface area (Å²) in [4.78, 5) is 17.5. The van der Waals surface area contributed by atoms with Crippen LogP contribution in [0, 0.1) is 11.7 Å². The van der Waals surface area contributed by atoms with Crippen LogP contribution in [0.2, 0.25) is 0 Å². The van der Waals surface area contributed by atoms with E-state index in [0.717, 1.165) is 6.20 Å². The highest BCUT2D eigenvalue weighted by molar-refractivity contribution is 5.95. The molecule has 1 unspecified atom stereocenters. The van der Waals surface area contributed by atoms with Crippen LogP contribution < -0.4 is 0 Å². The van der Waals surface area contributed by atoms with Crippen LogP contribution in [0.5, 0.6) is 0 Å². The van der Waals surface area contributed by atoms with Gasteiger partial charge in [-0.3, -0.25) is 9.78 Å². The van der Waals surface area contributed by atoms with Crippen molar-refractivity contribution < 1.29 is 9.18 Å². The molecular weight excluding hydrogens is 195 g/mol. The van der Waals surface area contributed by atoms with E-state index in [9.17, 15) is 9.18 Å². The van der Waals surface area contributed by atoms with Gasteiger partial charge in [0, 0.05) is 12.5 Å². The predicted octanol–water partition coefficient (Wildman–Crippen LogP) is 1.60. The Labute approximate surface area is 88.9 Å². The smallest absolute Gasteiger partial charge is 0.185 e. The quantitative estimate of drug-likeness (QED) is 0.708. The molecule has 1 rings (SSSR count). The number of Topliss-reactive ketones (excluding diaryl/α,β-unsaturated/α-hetero) is 1. The molecule has 0 saturated carbocycles. The molecule has 1 aromatic heterocycles. The zero-order valence-corrected chi connectivity index (χ0v) is 9.20. The number of aromatic nitrogens is 1. The van der Waals surface area contributed by atoms with Gasteiger partial charge in [-0.15, -0.1) is 0 Å². The highest BCUT2D eigenvalue weighted by Crippen LogP contribution is 2.07. The van der Waals surface area contributed by atoms with Gasteiger partial charge in [-0.05, 0) is 26.2 Å². The molecule has 0 aliphatic rings. The molecule has 3 nitrogen and oxygen atoms in total. The Balaban J connectivity index is 2.72. The largest absolute Gasteiger partial charge is 0.309 e.